The molecule has 0 unspecified atom stereocenters. The van der Waals surface area contributed by atoms with Gasteiger partial charge in [0, 0.05) is 17.7 Å². The molecule has 0 atom stereocenters. The molecule has 0 aromatic heterocycles. The SMILES string of the molecule is C=C(C)C(=O)OCCN(C)C.C=C(C)C(=O)OCCS(=O)(=O)O. The smallest absolute Gasteiger partial charge is 0.333 e. The highest BCUT2D eigenvalue weighted by Gasteiger charge is 2.07. The van der Waals surface area contributed by atoms with Crippen LogP contribution in [0.15, 0.2) is 24.3 Å². The Balaban J connectivity index is 0. The molecule has 0 bridgehead atoms. The maximum Gasteiger partial charge on any atom is 0.333 e. The summed E-state index contributed by atoms with van der Waals surface area (Å²) in [6, 6.07) is 0. The Kier molecular flexibility index (Phi) is 12.1. The maximum atomic E-state index is 10.8. The second-order valence-electron chi connectivity index (χ2n) is 4.92. The summed E-state index contributed by atoms with van der Waals surface area (Å²) in [6.07, 6.45) is 0. The molecular weight excluding hydrogens is 326 g/mol. The maximum absolute atomic E-state index is 10.8. The number of carbonyl (C=O) groups excluding carboxylic acids is 2. The Morgan fingerprint density at radius 1 is 1.00 bits per heavy atom. The van der Waals surface area contributed by atoms with Gasteiger partial charge in [0.25, 0.3) is 10.1 Å². The zero-order chi connectivity index (χ0) is 18.6. The molecule has 0 saturated carbocycles. The largest absolute Gasteiger partial charge is 0.461 e. The molecule has 0 aliphatic rings. The van der Waals surface area contributed by atoms with Gasteiger partial charge in [0.15, 0.2) is 0 Å². The normalized spacial score (nSPS) is 10.3. The molecule has 1 N–H and O–H groups in total. The van der Waals surface area contributed by atoms with Crippen LogP contribution >= 0.6 is 0 Å². The average molecular weight is 351 g/mol. The number of hydrogen-bond acceptors (Lipinski definition) is 7. The fraction of sp³-hybridized carbons (Fsp3) is 0.571. The van der Waals surface area contributed by atoms with E-state index in [1.807, 2.05) is 19.0 Å². The van der Waals surface area contributed by atoms with Crippen molar-refractivity contribution in [1.29, 1.82) is 0 Å². The van der Waals surface area contributed by atoms with Crippen molar-refractivity contribution in [3.8, 4) is 0 Å². The van der Waals surface area contributed by atoms with Gasteiger partial charge in [-0.1, -0.05) is 13.2 Å². The number of nitrogens with zero attached hydrogens (tertiary/aromatic N) is 1. The monoisotopic (exact) mass is 351 g/mol. The molecule has 0 heterocycles. The zero-order valence-corrected chi connectivity index (χ0v) is 14.8. The summed E-state index contributed by atoms with van der Waals surface area (Å²) in [6.45, 7) is 10.6. The van der Waals surface area contributed by atoms with Crippen LogP contribution in [0.2, 0.25) is 0 Å². The summed E-state index contributed by atoms with van der Waals surface area (Å²) in [5.74, 6) is -1.57. The number of ether oxygens (including phenoxy) is 2. The summed E-state index contributed by atoms with van der Waals surface area (Å²) in [5.41, 5.74) is 0.633. The van der Waals surface area contributed by atoms with Crippen molar-refractivity contribution in [3.63, 3.8) is 0 Å². The van der Waals surface area contributed by atoms with Crippen LogP contribution in [0.3, 0.4) is 0 Å². The van der Waals surface area contributed by atoms with E-state index < -0.39 is 21.8 Å². The first-order chi connectivity index (χ1) is 10.4. The predicted octanol–water partition coefficient (Wildman–Crippen LogP) is 0.661. The highest BCUT2D eigenvalue weighted by atomic mass is 32.2. The Morgan fingerprint density at radius 3 is 1.70 bits per heavy atom. The first-order valence-corrected chi connectivity index (χ1v) is 8.23. The molecule has 0 spiro atoms. The fourth-order valence-corrected chi connectivity index (χ4v) is 1.10. The van der Waals surface area contributed by atoms with Crippen molar-refractivity contribution >= 4 is 22.1 Å². The van der Waals surface area contributed by atoms with Crippen LogP contribution in [-0.2, 0) is 29.2 Å². The van der Waals surface area contributed by atoms with E-state index in [2.05, 4.69) is 17.9 Å². The van der Waals surface area contributed by atoms with Crippen molar-refractivity contribution in [2.45, 2.75) is 13.8 Å². The van der Waals surface area contributed by atoms with Crippen LogP contribution in [0.25, 0.3) is 0 Å². The van der Waals surface area contributed by atoms with Crippen LogP contribution in [0.1, 0.15) is 13.8 Å². The molecule has 0 fully saturated rings. The van der Waals surface area contributed by atoms with E-state index in [0.717, 1.165) is 6.54 Å². The van der Waals surface area contributed by atoms with Gasteiger partial charge in [-0.15, -0.1) is 0 Å². The van der Waals surface area contributed by atoms with Crippen LogP contribution in [0.5, 0.6) is 0 Å². The Labute approximate surface area is 137 Å². The minimum Gasteiger partial charge on any atom is -0.461 e. The Hall–Kier alpha value is -1.71. The standard InChI is InChI=1S/C8H15NO2.C6H10O5S/c1-7(2)8(10)11-6-5-9(3)4;1-5(2)6(7)11-3-4-12(8,9)10/h1,5-6H2,2-4H3;1,3-4H2,2H3,(H,8,9,10). The summed E-state index contributed by atoms with van der Waals surface area (Å²) < 4.78 is 37.7. The molecule has 0 aromatic rings. The van der Waals surface area contributed by atoms with Gasteiger partial charge >= 0.3 is 11.9 Å². The van der Waals surface area contributed by atoms with Gasteiger partial charge in [-0.05, 0) is 27.9 Å². The van der Waals surface area contributed by atoms with Gasteiger partial charge in [0.05, 0.1) is 0 Å². The summed E-state index contributed by atoms with van der Waals surface area (Å²) in [5, 5.41) is 0. The lowest BCUT2D eigenvalue weighted by Gasteiger charge is -2.09. The number of esters is 2. The molecule has 0 aromatic carbocycles. The molecule has 0 aliphatic heterocycles. The van der Waals surface area contributed by atoms with E-state index in [4.69, 9.17) is 9.29 Å². The lowest BCUT2D eigenvalue weighted by atomic mass is 10.4. The van der Waals surface area contributed by atoms with Crippen molar-refractivity contribution in [1.82, 2.24) is 4.90 Å². The van der Waals surface area contributed by atoms with Gasteiger partial charge < -0.3 is 14.4 Å². The van der Waals surface area contributed by atoms with E-state index in [0.29, 0.717) is 12.2 Å². The third-order valence-electron chi connectivity index (χ3n) is 2.04. The highest BCUT2D eigenvalue weighted by Crippen LogP contribution is 1.93. The summed E-state index contributed by atoms with van der Waals surface area (Å²) >= 11 is 0. The Bertz CT molecular complexity index is 523. The van der Waals surface area contributed by atoms with Crippen molar-refractivity contribution < 1.29 is 32.0 Å². The summed E-state index contributed by atoms with van der Waals surface area (Å²) in [7, 11) is -0.202. The van der Waals surface area contributed by atoms with Crippen LogP contribution < -0.4 is 0 Å². The number of likely N-dealkylation sites (N-methyl/N-ethyl adjacent to an activating group) is 1. The van der Waals surface area contributed by atoms with Crippen molar-refractivity contribution in [2.24, 2.45) is 0 Å². The van der Waals surface area contributed by atoms with Gasteiger partial charge in [0.2, 0.25) is 0 Å². The highest BCUT2D eigenvalue weighted by molar-refractivity contribution is 7.85. The molecule has 0 saturated heterocycles. The molecule has 8 nitrogen and oxygen atoms in total. The number of hydrogen-bond donors (Lipinski definition) is 1. The molecule has 23 heavy (non-hydrogen) atoms. The van der Waals surface area contributed by atoms with Gasteiger partial charge in [0.1, 0.15) is 19.0 Å². The van der Waals surface area contributed by atoms with Crippen molar-refractivity contribution in [3.05, 3.63) is 24.3 Å². The summed E-state index contributed by atoms with van der Waals surface area (Å²) in [4.78, 5) is 23.4. The molecule has 0 rings (SSSR count). The minimum atomic E-state index is -4.05. The molecular formula is C14H25NO7S. The van der Waals surface area contributed by atoms with E-state index in [-0.39, 0.29) is 18.1 Å². The lowest BCUT2D eigenvalue weighted by Crippen LogP contribution is -2.20. The molecule has 0 aliphatic carbocycles. The molecule has 9 heteroatoms. The van der Waals surface area contributed by atoms with Crippen molar-refractivity contribution in [2.75, 3.05) is 39.6 Å². The van der Waals surface area contributed by atoms with Crippen LogP contribution in [-0.4, -0.2) is 69.4 Å². The van der Waals surface area contributed by atoms with Crippen LogP contribution in [0.4, 0.5) is 0 Å². The van der Waals surface area contributed by atoms with Gasteiger partial charge in [-0.2, -0.15) is 8.42 Å². The fourth-order valence-electron chi connectivity index (χ4n) is 0.807. The minimum absolute atomic E-state index is 0.185. The van der Waals surface area contributed by atoms with Crippen LogP contribution in [0, 0.1) is 0 Å². The van der Waals surface area contributed by atoms with E-state index in [1.54, 1.807) is 6.92 Å². The quantitative estimate of drug-likeness (QED) is 0.386. The first-order valence-electron chi connectivity index (χ1n) is 6.62. The van der Waals surface area contributed by atoms with Gasteiger partial charge in [-0.3, -0.25) is 4.55 Å². The number of carbonyl (C=O) groups is 2. The molecule has 0 amide bonds. The number of rotatable bonds is 8. The third kappa shape index (κ3) is 18.2. The second-order valence-corrected chi connectivity index (χ2v) is 6.49. The average Bonchev–Trinajstić information content (AvgIpc) is 2.36. The lowest BCUT2D eigenvalue weighted by molar-refractivity contribution is -0.139. The topological polar surface area (TPSA) is 110 Å². The van der Waals surface area contributed by atoms with E-state index >= 15 is 0 Å². The van der Waals surface area contributed by atoms with Gasteiger partial charge in [-0.25, -0.2) is 9.59 Å². The second kappa shape index (κ2) is 11.8. The van der Waals surface area contributed by atoms with E-state index in [1.165, 1.54) is 6.92 Å². The predicted molar refractivity (Wildman–Crippen MR) is 86.5 cm³/mol. The molecule has 0 radical (unpaired) electrons. The first kappa shape index (κ1) is 23.6. The van der Waals surface area contributed by atoms with E-state index in [9.17, 15) is 18.0 Å². The third-order valence-corrected chi connectivity index (χ3v) is 2.73. The Morgan fingerprint density at radius 2 is 1.39 bits per heavy atom. The molecule has 134 valence electrons. The zero-order valence-electron chi connectivity index (χ0n) is 14.0.